The van der Waals surface area contributed by atoms with Gasteiger partial charge in [0.1, 0.15) is 0 Å². The van der Waals surface area contributed by atoms with E-state index < -0.39 is 29.8 Å². The van der Waals surface area contributed by atoms with Gasteiger partial charge in [0.05, 0.1) is 0 Å². The molecule has 0 radical (unpaired) electrons. The SMILES string of the molecule is [O]=[Mo](=[O])=[O].[O]=[V](=[O])(=[O])(=[O])=[O]. The summed E-state index contributed by atoms with van der Waals surface area (Å²) in [6, 6.07) is 0. The van der Waals surface area contributed by atoms with Crippen LogP contribution in [0.5, 0.6) is 0 Å². The molecule has 0 aliphatic carbocycles. The molecule has 0 fully saturated rings. The molecule has 0 heterocycles. The van der Waals surface area contributed by atoms with Crippen molar-refractivity contribution < 1.29 is 58.4 Å². The first kappa shape index (κ1) is 12.4. The quantitative estimate of drug-likeness (QED) is 0.515. The van der Waals surface area contributed by atoms with Gasteiger partial charge in [0.25, 0.3) is 0 Å². The monoisotopic (exact) mass is 277 g/mol. The van der Waals surface area contributed by atoms with Gasteiger partial charge in [0.2, 0.25) is 0 Å². The van der Waals surface area contributed by atoms with Crippen LogP contribution in [-0.2, 0) is 58.4 Å². The third-order valence-corrected chi connectivity index (χ3v) is 0. The Morgan fingerprint density at radius 1 is 0.700 bits per heavy atom. The van der Waals surface area contributed by atoms with E-state index in [2.05, 4.69) is 0 Å². The van der Waals surface area contributed by atoms with Crippen molar-refractivity contribution in [3.63, 3.8) is 0 Å². The van der Waals surface area contributed by atoms with Crippen LogP contribution in [0.15, 0.2) is 0 Å². The van der Waals surface area contributed by atoms with E-state index in [1.807, 2.05) is 0 Å². The van der Waals surface area contributed by atoms with Crippen LogP contribution in [0.3, 0.4) is 0 Å². The summed E-state index contributed by atoms with van der Waals surface area (Å²) in [5.41, 5.74) is 0. The van der Waals surface area contributed by atoms with Crippen molar-refractivity contribution in [2.24, 2.45) is 0 Å². The van der Waals surface area contributed by atoms with Crippen molar-refractivity contribution >= 4 is 0 Å². The molecule has 0 saturated carbocycles. The van der Waals surface area contributed by atoms with E-state index in [-0.39, 0.29) is 0 Å². The first-order valence-corrected chi connectivity index (χ1v) is 6.72. The van der Waals surface area contributed by atoms with E-state index in [9.17, 15) is 0 Å². The third-order valence-electron chi connectivity index (χ3n) is 0. The van der Waals surface area contributed by atoms with Gasteiger partial charge in [-0.05, 0) is 0 Å². The fourth-order valence-electron chi connectivity index (χ4n) is 0. The molecule has 0 aromatic rings. The van der Waals surface area contributed by atoms with Gasteiger partial charge in [-0.1, -0.05) is 0 Å². The van der Waals surface area contributed by atoms with Crippen LogP contribution in [0.4, 0.5) is 0 Å². The standard InChI is InChI=1S/Mo.8O.V. The Labute approximate surface area is 58.6 Å². The Kier molecular flexibility index (Phi) is 3.93. The molecule has 10 heteroatoms. The van der Waals surface area contributed by atoms with Crippen molar-refractivity contribution in [3.8, 4) is 0 Å². The second-order valence-electron chi connectivity index (χ2n) is 0.949. The molecule has 0 saturated heterocycles. The first-order valence-electron chi connectivity index (χ1n) is 1.41. The maximum absolute atomic E-state index is 8.64. The average Bonchev–Trinajstić information content (AvgIpc) is 1.14. The van der Waals surface area contributed by atoms with E-state index in [0.717, 1.165) is 0 Å². The van der Waals surface area contributed by atoms with Crippen molar-refractivity contribution in [2.75, 3.05) is 0 Å². The van der Waals surface area contributed by atoms with Gasteiger partial charge in [0, 0.05) is 0 Å². The fraction of sp³-hybridized carbons (Fsp3) is 0. The van der Waals surface area contributed by atoms with Crippen molar-refractivity contribution in [3.05, 3.63) is 0 Å². The zero-order valence-electron chi connectivity index (χ0n) is 4.12. The normalized spacial score (nSPS) is 8.40. The minimum atomic E-state index is -7.74. The zero-order valence-corrected chi connectivity index (χ0v) is 7.53. The average molecular weight is 275 g/mol. The maximum atomic E-state index is 8.64. The molecule has 0 amide bonds. The molecule has 0 aliphatic rings. The van der Waals surface area contributed by atoms with Crippen LogP contribution in [0.2, 0.25) is 0 Å². The number of hydrogen-bond donors (Lipinski definition) is 0. The summed E-state index contributed by atoms with van der Waals surface area (Å²) < 4.78 is 68.9. The summed E-state index contributed by atoms with van der Waals surface area (Å²) in [5, 5.41) is 0. The number of rotatable bonds is 0. The predicted octanol–water partition coefficient (Wildman–Crippen LogP) is -0.955. The molecule has 0 aliphatic heterocycles. The molecule has 0 spiro atoms. The first-order chi connectivity index (χ1) is 3.97. The van der Waals surface area contributed by atoms with Gasteiger partial charge in [-0.25, -0.2) is 0 Å². The summed E-state index contributed by atoms with van der Waals surface area (Å²) in [5.74, 6) is 0. The Hall–Kier alpha value is -0.327. The molecular weight excluding hydrogens is 275 g/mol. The van der Waals surface area contributed by atoms with Crippen molar-refractivity contribution in [1.29, 1.82) is 0 Å². The molecule has 10 heavy (non-hydrogen) atoms. The van der Waals surface area contributed by atoms with Crippen LogP contribution < -0.4 is 0 Å². The zero-order chi connectivity index (χ0) is 9.02. The predicted molar refractivity (Wildman–Crippen MR) is 5.49 cm³/mol. The Morgan fingerprint density at radius 3 is 0.700 bits per heavy atom. The summed E-state index contributed by atoms with van der Waals surface area (Å²) in [6.45, 7) is 0. The molecule has 0 unspecified atom stereocenters. The van der Waals surface area contributed by atoms with E-state index >= 15 is 0 Å². The Morgan fingerprint density at radius 2 is 0.700 bits per heavy atom. The van der Waals surface area contributed by atoms with Crippen LogP contribution in [0.25, 0.3) is 0 Å². The molecule has 0 bridgehead atoms. The van der Waals surface area contributed by atoms with Crippen LogP contribution in [0, 0.1) is 0 Å². The van der Waals surface area contributed by atoms with Gasteiger partial charge < -0.3 is 0 Å². The van der Waals surface area contributed by atoms with E-state index in [1.165, 1.54) is 0 Å². The molecule has 0 N–H and O–H groups in total. The van der Waals surface area contributed by atoms with Gasteiger partial charge in [-0.3, -0.25) is 0 Å². The summed E-state index contributed by atoms with van der Waals surface area (Å²) in [7, 11) is 0. The van der Waals surface area contributed by atoms with E-state index in [1.54, 1.807) is 0 Å². The molecule has 0 aromatic heterocycles. The Bertz CT molecular complexity index is 446. The fourth-order valence-corrected chi connectivity index (χ4v) is 0. The van der Waals surface area contributed by atoms with Gasteiger partial charge in [0.15, 0.2) is 0 Å². The molecular formula is MoO8V. The topological polar surface area (TPSA) is 137 Å². The molecule has 0 aromatic carbocycles. The van der Waals surface area contributed by atoms with Crippen LogP contribution in [-0.4, -0.2) is 0 Å². The van der Waals surface area contributed by atoms with Crippen LogP contribution in [0.1, 0.15) is 0 Å². The second kappa shape index (κ2) is 3.18. The summed E-state index contributed by atoms with van der Waals surface area (Å²) in [4.78, 5) is 0. The molecule has 59 valence electrons. The second-order valence-corrected chi connectivity index (χ2v) is 4.28. The van der Waals surface area contributed by atoms with E-state index in [4.69, 9.17) is 28.6 Å². The minimum absolute atomic E-state index is 4.11. The van der Waals surface area contributed by atoms with Crippen molar-refractivity contribution in [1.82, 2.24) is 0 Å². The van der Waals surface area contributed by atoms with Gasteiger partial charge in [-0.2, -0.15) is 0 Å². The van der Waals surface area contributed by atoms with E-state index in [0.29, 0.717) is 0 Å². The summed E-state index contributed by atoms with van der Waals surface area (Å²) in [6.07, 6.45) is 0. The third kappa shape index (κ3) is 3190. The molecule has 8 nitrogen and oxygen atoms in total. The van der Waals surface area contributed by atoms with Gasteiger partial charge >= 0.3 is 58.4 Å². The number of hydrogen-bond acceptors (Lipinski definition) is 8. The molecule has 0 rings (SSSR count). The molecule has 0 atom stereocenters. The Balaban J connectivity index is 0. The summed E-state index contributed by atoms with van der Waals surface area (Å²) >= 11 is -11.8. The van der Waals surface area contributed by atoms with Crippen LogP contribution >= 0.6 is 0 Å². The van der Waals surface area contributed by atoms with Gasteiger partial charge in [-0.15, -0.1) is 0 Å². The van der Waals surface area contributed by atoms with Crippen molar-refractivity contribution in [2.45, 2.75) is 0 Å².